The number of hydrogen-bond acceptors (Lipinski definition) is 4. The third-order valence-electron chi connectivity index (χ3n) is 3.11. The van der Waals surface area contributed by atoms with Crippen LogP contribution in [0.1, 0.15) is 20.3 Å². The quantitative estimate of drug-likeness (QED) is 0.342. The largest absolute Gasteiger partial charge is 0.409 e. The van der Waals surface area contributed by atoms with Crippen LogP contribution in [0.3, 0.4) is 0 Å². The molecule has 0 saturated carbocycles. The molecule has 1 rings (SSSR count). The SMILES string of the molecule is CC(C)N(C)S(=O)(=O)N(CCC(N)=NO)c1ccccc1. The Hall–Kier alpha value is -1.80. The van der Waals surface area contributed by atoms with E-state index in [2.05, 4.69) is 5.16 Å². The van der Waals surface area contributed by atoms with Crippen molar-refractivity contribution in [3.05, 3.63) is 30.3 Å². The number of nitrogens with two attached hydrogens (primary N) is 1. The Morgan fingerprint density at radius 3 is 2.38 bits per heavy atom. The maximum Gasteiger partial charge on any atom is 0.304 e. The summed E-state index contributed by atoms with van der Waals surface area (Å²) in [5.41, 5.74) is 5.98. The summed E-state index contributed by atoms with van der Waals surface area (Å²) in [5, 5.41) is 11.5. The van der Waals surface area contributed by atoms with Gasteiger partial charge in [0.2, 0.25) is 0 Å². The van der Waals surface area contributed by atoms with Gasteiger partial charge in [-0.2, -0.15) is 12.7 Å². The molecule has 0 bridgehead atoms. The van der Waals surface area contributed by atoms with Gasteiger partial charge in [-0.05, 0) is 26.0 Å². The van der Waals surface area contributed by atoms with Gasteiger partial charge < -0.3 is 10.9 Å². The topological polar surface area (TPSA) is 99.2 Å². The van der Waals surface area contributed by atoms with Crippen LogP contribution >= 0.6 is 0 Å². The van der Waals surface area contributed by atoms with E-state index in [1.54, 1.807) is 38.1 Å². The number of para-hydroxylation sites is 1. The van der Waals surface area contributed by atoms with Crippen LogP contribution in [0.5, 0.6) is 0 Å². The van der Waals surface area contributed by atoms with Gasteiger partial charge in [0.15, 0.2) is 0 Å². The molecule has 0 aromatic heterocycles. The molecule has 0 aliphatic carbocycles. The van der Waals surface area contributed by atoms with Gasteiger partial charge in [0.25, 0.3) is 0 Å². The Balaban J connectivity index is 3.14. The minimum absolute atomic E-state index is 0.0154. The number of anilines is 1. The molecule has 0 unspecified atom stereocenters. The van der Waals surface area contributed by atoms with Gasteiger partial charge in [0, 0.05) is 26.1 Å². The summed E-state index contributed by atoms with van der Waals surface area (Å²) in [7, 11) is -2.16. The van der Waals surface area contributed by atoms with Crippen molar-refractivity contribution in [1.29, 1.82) is 0 Å². The summed E-state index contributed by atoms with van der Waals surface area (Å²) in [6, 6.07) is 8.57. The lowest BCUT2D eigenvalue weighted by Crippen LogP contribution is -2.46. The van der Waals surface area contributed by atoms with E-state index in [1.807, 2.05) is 6.07 Å². The van der Waals surface area contributed by atoms with Gasteiger partial charge in [-0.3, -0.25) is 4.31 Å². The first kappa shape index (κ1) is 17.3. The van der Waals surface area contributed by atoms with Crippen LogP contribution in [-0.2, 0) is 10.2 Å². The predicted octanol–water partition coefficient (Wildman–Crippen LogP) is 1.21. The second-order valence-corrected chi connectivity index (χ2v) is 6.78. The van der Waals surface area contributed by atoms with Crippen molar-refractivity contribution in [3.8, 4) is 0 Å². The first-order chi connectivity index (χ1) is 9.80. The lowest BCUT2D eigenvalue weighted by Gasteiger charge is -2.31. The zero-order chi connectivity index (χ0) is 16.0. The molecule has 0 heterocycles. The van der Waals surface area contributed by atoms with Crippen molar-refractivity contribution in [2.75, 3.05) is 17.9 Å². The summed E-state index contributed by atoms with van der Waals surface area (Å²) < 4.78 is 27.9. The highest BCUT2D eigenvalue weighted by Crippen LogP contribution is 2.21. The van der Waals surface area contributed by atoms with E-state index in [4.69, 9.17) is 10.9 Å². The summed E-state index contributed by atoms with van der Waals surface area (Å²) in [4.78, 5) is 0. The van der Waals surface area contributed by atoms with Crippen LogP contribution in [0.2, 0.25) is 0 Å². The average molecular weight is 314 g/mol. The lowest BCUT2D eigenvalue weighted by atomic mass is 10.3. The monoisotopic (exact) mass is 314 g/mol. The summed E-state index contributed by atoms with van der Waals surface area (Å²) in [5.74, 6) is -0.0154. The fourth-order valence-corrected chi connectivity index (χ4v) is 3.21. The van der Waals surface area contributed by atoms with Crippen molar-refractivity contribution < 1.29 is 13.6 Å². The number of benzene rings is 1. The Morgan fingerprint density at radius 1 is 1.33 bits per heavy atom. The first-order valence-corrected chi connectivity index (χ1v) is 7.97. The fraction of sp³-hybridized carbons (Fsp3) is 0.462. The molecule has 21 heavy (non-hydrogen) atoms. The zero-order valence-corrected chi connectivity index (χ0v) is 13.3. The second kappa shape index (κ2) is 7.28. The molecule has 0 radical (unpaired) electrons. The molecule has 7 nitrogen and oxygen atoms in total. The number of rotatable bonds is 7. The fourth-order valence-electron chi connectivity index (χ4n) is 1.66. The molecule has 3 N–H and O–H groups in total. The molecule has 0 saturated heterocycles. The highest BCUT2D eigenvalue weighted by atomic mass is 32.2. The van der Waals surface area contributed by atoms with Gasteiger partial charge in [-0.1, -0.05) is 23.4 Å². The third kappa shape index (κ3) is 4.33. The van der Waals surface area contributed by atoms with E-state index in [0.717, 1.165) is 0 Å². The molecular formula is C13H22N4O3S. The normalized spacial score (nSPS) is 12.9. The van der Waals surface area contributed by atoms with Crippen LogP contribution in [0.4, 0.5) is 5.69 Å². The zero-order valence-electron chi connectivity index (χ0n) is 12.5. The average Bonchev–Trinajstić information content (AvgIpc) is 2.47. The molecule has 0 spiro atoms. The minimum Gasteiger partial charge on any atom is -0.409 e. The van der Waals surface area contributed by atoms with Crippen LogP contribution < -0.4 is 10.0 Å². The molecule has 0 amide bonds. The highest BCUT2D eigenvalue weighted by Gasteiger charge is 2.28. The Morgan fingerprint density at radius 2 is 1.90 bits per heavy atom. The Bertz CT molecular complexity index is 572. The summed E-state index contributed by atoms with van der Waals surface area (Å²) in [6.45, 7) is 3.69. The van der Waals surface area contributed by atoms with Gasteiger partial charge in [0.1, 0.15) is 5.84 Å². The van der Waals surface area contributed by atoms with Crippen molar-refractivity contribution in [2.24, 2.45) is 10.9 Å². The maximum atomic E-state index is 12.7. The van der Waals surface area contributed by atoms with Crippen molar-refractivity contribution >= 4 is 21.7 Å². The van der Waals surface area contributed by atoms with E-state index in [1.165, 1.54) is 15.7 Å². The molecule has 118 valence electrons. The van der Waals surface area contributed by atoms with E-state index < -0.39 is 10.2 Å². The van der Waals surface area contributed by atoms with E-state index in [-0.39, 0.29) is 24.8 Å². The number of nitrogens with zero attached hydrogens (tertiary/aromatic N) is 3. The molecule has 0 fully saturated rings. The van der Waals surface area contributed by atoms with Crippen molar-refractivity contribution in [1.82, 2.24) is 4.31 Å². The van der Waals surface area contributed by atoms with Crippen LogP contribution in [0.15, 0.2) is 35.5 Å². The van der Waals surface area contributed by atoms with Gasteiger partial charge in [-0.15, -0.1) is 0 Å². The highest BCUT2D eigenvalue weighted by molar-refractivity contribution is 7.90. The first-order valence-electron chi connectivity index (χ1n) is 6.57. The predicted molar refractivity (Wildman–Crippen MR) is 83.6 cm³/mol. The smallest absolute Gasteiger partial charge is 0.304 e. The molecule has 8 heteroatoms. The van der Waals surface area contributed by atoms with E-state index in [0.29, 0.717) is 5.69 Å². The molecule has 1 aromatic rings. The van der Waals surface area contributed by atoms with E-state index >= 15 is 0 Å². The van der Waals surface area contributed by atoms with Crippen LogP contribution in [0.25, 0.3) is 0 Å². The number of amidine groups is 1. The Kier molecular flexibility index (Phi) is 5.98. The minimum atomic E-state index is -3.68. The summed E-state index contributed by atoms with van der Waals surface area (Å²) >= 11 is 0. The molecule has 1 aromatic carbocycles. The van der Waals surface area contributed by atoms with Gasteiger partial charge in [0.05, 0.1) is 5.69 Å². The molecule has 0 aliphatic rings. The third-order valence-corrected chi connectivity index (χ3v) is 5.21. The molecule has 0 atom stereocenters. The number of oxime groups is 1. The van der Waals surface area contributed by atoms with Gasteiger partial charge >= 0.3 is 10.2 Å². The van der Waals surface area contributed by atoms with Crippen LogP contribution in [0, 0.1) is 0 Å². The lowest BCUT2D eigenvalue weighted by molar-refractivity contribution is 0.317. The second-order valence-electron chi connectivity index (χ2n) is 4.87. The molecule has 0 aliphatic heterocycles. The summed E-state index contributed by atoms with van der Waals surface area (Å²) in [6.07, 6.45) is 0.135. The van der Waals surface area contributed by atoms with E-state index in [9.17, 15) is 8.42 Å². The van der Waals surface area contributed by atoms with Crippen molar-refractivity contribution in [3.63, 3.8) is 0 Å². The Labute approximate surface area is 125 Å². The maximum absolute atomic E-state index is 12.7. The van der Waals surface area contributed by atoms with Gasteiger partial charge in [-0.25, -0.2) is 0 Å². The standard InChI is InChI=1S/C13H22N4O3S/c1-11(2)16(3)21(19,20)17(10-9-13(14)15-18)12-7-5-4-6-8-12/h4-8,11,18H,9-10H2,1-3H3,(H2,14,15). The van der Waals surface area contributed by atoms with Crippen molar-refractivity contribution in [2.45, 2.75) is 26.3 Å². The molecular weight excluding hydrogens is 292 g/mol. The van der Waals surface area contributed by atoms with Crippen LogP contribution in [-0.4, -0.2) is 43.4 Å². The number of hydrogen-bond donors (Lipinski definition) is 2.